The molecule has 0 bridgehead atoms. The molecule has 138 valence electrons. The van der Waals surface area contributed by atoms with Crippen LogP contribution in [0.5, 0.6) is 5.75 Å². The highest BCUT2D eigenvalue weighted by Gasteiger charge is 2.44. The van der Waals surface area contributed by atoms with Gasteiger partial charge in [-0.1, -0.05) is 24.3 Å². The Kier molecular flexibility index (Phi) is 5.24. The molecule has 0 radical (unpaired) electrons. The van der Waals surface area contributed by atoms with E-state index in [1.807, 2.05) is 0 Å². The number of nitrogens with zero attached hydrogens (tertiary/aromatic N) is 1. The quantitative estimate of drug-likeness (QED) is 0.453. The van der Waals surface area contributed by atoms with E-state index in [1.54, 1.807) is 0 Å². The number of carbonyl (C=O) groups excluding carboxylic acids is 2. The fourth-order valence-corrected chi connectivity index (χ4v) is 1.94. The Morgan fingerprint density at radius 2 is 1.35 bits per heavy atom. The number of ether oxygens (including phenoxy) is 1. The molecule has 0 aliphatic rings. The first-order valence-corrected chi connectivity index (χ1v) is 6.85. The predicted octanol–water partition coefficient (Wildman–Crippen LogP) is 4.38. The van der Waals surface area contributed by atoms with Crippen LogP contribution in [0.15, 0.2) is 54.6 Å². The van der Waals surface area contributed by atoms with Gasteiger partial charge in [0.15, 0.2) is 0 Å². The molecule has 0 spiro atoms. The Morgan fingerprint density at radius 1 is 0.769 bits per heavy atom. The molecule has 1 amide bonds. The van der Waals surface area contributed by atoms with Crippen molar-refractivity contribution in [1.82, 2.24) is 0 Å². The van der Waals surface area contributed by atoms with Crippen molar-refractivity contribution in [2.24, 2.45) is 0 Å². The van der Waals surface area contributed by atoms with Gasteiger partial charge in [-0.25, -0.2) is 4.79 Å². The lowest BCUT2D eigenvalue weighted by Crippen LogP contribution is -2.38. The maximum absolute atomic E-state index is 12.9. The molecule has 10 heteroatoms. The number of amides is 1. The van der Waals surface area contributed by atoms with E-state index in [0.29, 0.717) is 0 Å². The van der Waals surface area contributed by atoms with Gasteiger partial charge in [-0.2, -0.15) is 26.3 Å². The molecule has 26 heavy (non-hydrogen) atoms. The van der Waals surface area contributed by atoms with E-state index >= 15 is 0 Å². The van der Waals surface area contributed by atoms with Gasteiger partial charge in [-0.15, -0.1) is 0 Å². The summed E-state index contributed by atoms with van der Waals surface area (Å²) in [6, 6.07) is 10.4. The van der Waals surface area contributed by atoms with Gasteiger partial charge in [0.1, 0.15) is 5.75 Å². The van der Waals surface area contributed by atoms with Crippen molar-refractivity contribution in [1.29, 1.82) is 0 Å². The van der Waals surface area contributed by atoms with E-state index in [4.69, 9.17) is 0 Å². The van der Waals surface area contributed by atoms with Gasteiger partial charge >= 0.3 is 24.2 Å². The smallest absolute Gasteiger partial charge is 0.420 e. The van der Waals surface area contributed by atoms with Gasteiger partial charge < -0.3 is 4.74 Å². The number of hydrogen-bond acceptors (Lipinski definition) is 3. The molecule has 0 aliphatic heterocycles. The molecular formula is C16H9F6NO3. The van der Waals surface area contributed by atoms with Crippen molar-refractivity contribution in [3.8, 4) is 5.75 Å². The van der Waals surface area contributed by atoms with E-state index < -0.39 is 35.7 Å². The first-order chi connectivity index (χ1) is 12.0. The number of anilines is 2. The number of para-hydroxylation sites is 1. The van der Waals surface area contributed by atoms with Crippen molar-refractivity contribution in [3.63, 3.8) is 0 Å². The zero-order valence-corrected chi connectivity index (χ0v) is 12.6. The summed E-state index contributed by atoms with van der Waals surface area (Å²) in [4.78, 5) is 22.9. The van der Waals surface area contributed by atoms with Crippen LogP contribution in [0.3, 0.4) is 0 Å². The predicted molar refractivity (Wildman–Crippen MR) is 77.8 cm³/mol. The van der Waals surface area contributed by atoms with E-state index in [-0.39, 0.29) is 10.6 Å². The van der Waals surface area contributed by atoms with E-state index in [9.17, 15) is 35.9 Å². The third kappa shape index (κ3) is 4.52. The number of rotatable bonds is 3. The van der Waals surface area contributed by atoms with Crippen LogP contribution in [0.4, 0.5) is 37.7 Å². The van der Waals surface area contributed by atoms with Crippen molar-refractivity contribution in [3.05, 3.63) is 54.6 Å². The van der Waals surface area contributed by atoms with Crippen molar-refractivity contribution < 1.29 is 40.7 Å². The molecule has 0 aromatic heterocycles. The van der Waals surface area contributed by atoms with Crippen molar-refractivity contribution >= 4 is 23.3 Å². The third-order valence-electron chi connectivity index (χ3n) is 2.98. The normalized spacial score (nSPS) is 11.8. The molecule has 0 N–H and O–H groups in total. The standard InChI is InChI=1S/C16H9F6NO3/c17-15(18,19)13(24)23(10-5-2-1-3-6-10)11-7-4-8-12(9-11)26-14(25)16(20,21)22/h1-9H. The number of halogens is 6. The van der Waals surface area contributed by atoms with Crippen LogP contribution in [0.2, 0.25) is 0 Å². The summed E-state index contributed by atoms with van der Waals surface area (Å²) in [6.07, 6.45) is -10.5. The van der Waals surface area contributed by atoms with E-state index in [1.165, 1.54) is 30.3 Å². The zero-order chi connectivity index (χ0) is 19.5. The van der Waals surface area contributed by atoms with Crippen LogP contribution in [-0.4, -0.2) is 24.2 Å². The minimum absolute atomic E-state index is 0.172. The Hall–Kier alpha value is -3.04. The molecule has 0 heterocycles. The number of carbonyl (C=O) groups is 2. The largest absolute Gasteiger partial charge is 0.491 e. The summed E-state index contributed by atoms with van der Waals surface area (Å²) in [5.41, 5.74) is -0.597. The second kappa shape index (κ2) is 7.06. The molecule has 0 saturated carbocycles. The van der Waals surface area contributed by atoms with E-state index in [2.05, 4.69) is 4.74 Å². The summed E-state index contributed by atoms with van der Waals surface area (Å²) in [6.45, 7) is 0. The van der Waals surface area contributed by atoms with Gasteiger partial charge in [0.05, 0.1) is 5.69 Å². The molecule has 0 saturated heterocycles. The Morgan fingerprint density at radius 3 is 1.88 bits per heavy atom. The monoisotopic (exact) mass is 377 g/mol. The van der Waals surface area contributed by atoms with E-state index in [0.717, 1.165) is 24.3 Å². The second-order valence-corrected chi connectivity index (χ2v) is 4.86. The van der Waals surface area contributed by atoms with Crippen LogP contribution < -0.4 is 9.64 Å². The van der Waals surface area contributed by atoms with Crippen LogP contribution in [-0.2, 0) is 9.59 Å². The molecule has 2 aromatic rings. The molecule has 2 aromatic carbocycles. The van der Waals surface area contributed by atoms with Crippen molar-refractivity contribution in [2.75, 3.05) is 4.90 Å². The lowest BCUT2D eigenvalue weighted by Gasteiger charge is -2.24. The number of esters is 1. The summed E-state index contributed by atoms with van der Waals surface area (Å²) in [5, 5.41) is 0. The highest BCUT2D eigenvalue weighted by Crippen LogP contribution is 2.33. The lowest BCUT2D eigenvalue weighted by molar-refractivity contribution is -0.189. The average molecular weight is 377 g/mol. The van der Waals surface area contributed by atoms with Gasteiger partial charge in [-0.05, 0) is 24.3 Å². The van der Waals surface area contributed by atoms with Gasteiger partial charge in [0.2, 0.25) is 0 Å². The SMILES string of the molecule is O=C(Oc1cccc(N(C(=O)C(F)(F)F)c2ccccc2)c1)C(F)(F)F. The van der Waals surface area contributed by atoms with Gasteiger partial charge in [0, 0.05) is 11.8 Å². The summed E-state index contributed by atoms with van der Waals surface area (Å²) in [7, 11) is 0. The topological polar surface area (TPSA) is 46.6 Å². The fraction of sp³-hybridized carbons (Fsp3) is 0.125. The minimum atomic E-state index is -5.28. The van der Waals surface area contributed by atoms with Crippen LogP contribution in [0.1, 0.15) is 0 Å². The van der Waals surface area contributed by atoms with Crippen LogP contribution in [0, 0.1) is 0 Å². The Bertz CT molecular complexity index is 802. The molecule has 0 atom stereocenters. The highest BCUT2D eigenvalue weighted by molar-refractivity contribution is 6.03. The maximum Gasteiger partial charge on any atom is 0.491 e. The summed E-state index contributed by atoms with van der Waals surface area (Å²) >= 11 is 0. The number of hydrogen-bond donors (Lipinski definition) is 0. The Balaban J connectivity index is 2.45. The molecule has 0 fully saturated rings. The molecule has 4 nitrogen and oxygen atoms in total. The summed E-state index contributed by atoms with van der Waals surface area (Å²) < 4.78 is 79.6. The van der Waals surface area contributed by atoms with Crippen LogP contribution >= 0.6 is 0 Å². The molecule has 2 rings (SSSR count). The first kappa shape index (κ1) is 19.3. The molecular weight excluding hydrogens is 368 g/mol. The van der Waals surface area contributed by atoms with Crippen molar-refractivity contribution in [2.45, 2.75) is 12.4 Å². The first-order valence-electron chi connectivity index (χ1n) is 6.85. The second-order valence-electron chi connectivity index (χ2n) is 4.86. The maximum atomic E-state index is 12.9. The molecule has 0 unspecified atom stereocenters. The number of benzene rings is 2. The van der Waals surface area contributed by atoms with Gasteiger partial charge in [0.25, 0.3) is 0 Å². The lowest BCUT2D eigenvalue weighted by atomic mass is 10.2. The minimum Gasteiger partial charge on any atom is -0.420 e. The summed E-state index contributed by atoms with van der Waals surface area (Å²) in [5.74, 6) is -5.47. The Labute approximate surface area is 142 Å². The third-order valence-corrected chi connectivity index (χ3v) is 2.98. The number of alkyl halides is 6. The fourth-order valence-electron chi connectivity index (χ4n) is 1.94. The molecule has 0 aliphatic carbocycles. The van der Waals surface area contributed by atoms with Gasteiger partial charge in [-0.3, -0.25) is 9.69 Å². The average Bonchev–Trinajstić information content (AvgIpc) is 2.54. The highest BCUT2D eigenvalue weighted by atomic mass is 19.4. The van der Waals surface area contributed by atoms with Crippen LogP contribution in [0.25, 0.3) is 0 Å². The zero-order valence-electron chi connectivity index (χ0n) is 12.6.